The summed E-state index contributed by atoms with van der Waals surface area (Å²) in [6.45, 7) is 0. The minimum Gasteiger partial charge on any atom is -0.368 e. The van der Waals surface area contributed by atoms with E-state index in [0.717, 1.165) is 5.56 Å². The van der Waals surface area contributed by atoms with E-state index >= 15 is 0 Å². The van der Waals surface area contributed by atoms with Crippen LogP contribution in [0.5, 0.6) is 0 Å². The first kappa shape index (κ1) is 21.4. The molecule has 10 heteroatoms. The highest BCUT2D eigenvalue weighted by Gasteiger charge is 2.22. The Morgan fingerprint density at radius 2 is 1.79 bits per heavy atom. The van der Waals surface area contributed by atoms with Gasteiger partial charge in [-0.3, -0.25) is 9.78 Å². The summed E-state index contributed by atoms with van der Waals surface area (Å²) < 4.78 is 29.7. The van der Waals surface area contributed by atoms with Crippen molar-refractivity contribution < 1.29 is 8.78 Å². The number of hydrogen-bond donors (Lipinski definition) is 1. The lowest BCUT2D eigenvalue weighted by Gasteiger charge is -2.12. The Kier molecular flexibility index (Phi) is 5.33. The highest BCUT2D eigenvalue weighted by molar-refractivity contribution is 5.90. The summed E-state index contributed by atoms with van der Waals surface area (Å²) in [5.41, 5.74) is 9.15. The summed E-state index contributed by atoms with van der Waals surface area (Å²) >= 11 is 0. The molecule has 0 radical (unpaired) electrons. The molecule has 8 nitrogen and oxygen atoms in total. The van der Waals surface area contributed by atoms with Crippen LogP contribution in [0.2, 0.25) is 0 Å². The van der Waals surface area contributed by atoms with Gasteiger partial charge in [-0.1, -0.05) is 30.3 Å². The summed E-state index contributed by atoms with van der Waals surface area (Å²) in [6.07, 6.45) is 0.466. The maximum absolute atomic E-state index is 13.5. The molecule has 2 N–H and O–H groups in total. The number of rotatable bonds is 5. The van der Waals surface area contributed by atoms with Gasteiger partial charge in [0, 0.05) is 42.2 Å². The van der Waals surface area contributed by atoms with Crippen LogP contribution in [0, 0.1) is 0 Å². The number of nitrogen functional groups attached to an aromatic ring is 1. The number of fused-ring (bicyclic) bond motifs is 1. The third kappa shape index (κ3) is 3.79. The van der Waals surface area contributed by atoms with Crippen LogP contribution in [0.4, 0.5) is 14.7 Å². The van der Waals surface area contributed by atoms with Gasteiger partial charge in [-0.15, -0.1) is 5.10 Å². The number of benzene rings is 1. The van der Waals surface area contributed by atoms with E-state index < -0.39 is 6.43 Å². The van der Waals surface area contributed by atoms with E-state index in [1.54, 1.807) is 19.3 Å². The maximum Gasteiger partial charge on any atom is 0.265 e. The average Bonchev–Trinajstić information content (AvgIpc) is 3.26. The fourth-order valence-electron chi connectivity index (χ4n) is 3.83. The van der Waals surface area contributed by atoms with Crippen LogP contribution >= 0.6 is 0 Å². The number of pyridine rings is 2. The third-order valence-electron chi connectivity index (χ3n) is 5.46. The Morgan fingerprint density at radius 3 is 2.53 bits per heavy atom. The molecule has 5 rings (SSSR count). The van der Waals surface area contributed by atoms with Crippen molar-refractivity contribution in [1.29, 1.82) is 0 Å². The van der Waals surface area contributed by atoms with E-state index in [4.69, 9.17) is 5.73 Å². The fourth-order valence-corrected chi connectivity index (χ4v) is 3.83. The Balaban J connectivity index is 1.75. The quantitative estimate of drug-likeness (QED) is 0.430. The van der Waals surface area contributed by atoms with Crippen molar-refractivity contribution in [3.63, 3.8) is 0 Å². The maximum atomic E-state index is 13.5. The van der Waals surface area contributed by atoms with Crippen molar-refractivity contribution in [2.75, 3.05) is 5.73 Å². The number of nitrogens with zero attached hydrogens (tertiary/aromatic N) is 6. The molecule has 0 atom stereocenters. The van der Waals surface area contributed by atoms with Gasteiger partial charge in [0.05, 0.1) is 23.4 Å². The van der Waals surface area contributed by atoms with Crippen molar-refractivity contribution in [3.05, 3.63) is 94.4 Å². The highest BCUT2D eigenvalue weighted by atomic mass is 19.3. The minimum atomic E-state index is -2.67. The molecule has 0 aliphatic heterocycles. The predicted octanol–water partition coefficient (Wildman–Crippen LogP) is 3.66. The second-order valence-electron chi connectivity index (χ2n) is 7.71. The first-order valence-corrected chi connectivity index (χ1v) is 10.4. The lowest BCUT2D eigenvalue weighted by Crippen LogP contribution is -2.14. The normalized spacial score (nSPS) is 11.4. The molecule has 1 aromatic carbocycles. The lowest BCUT2D eigenvalue weighted by atomic mass is 10.0. The van der Waals surface area contributed by atoms with Gasteiger partial charge in [0.25, 0.3) is 6.43 Å². The first-order valence-electron chi connectivity index (χ1n) is 10.4. The Bertz CT molecular complexity index is 1560. The molecule has 0 aliphatic rings. The average molecular weight is 459 g/mol. The van der Waals surface area contributed by atoms with Gasteiger partial charge in [-0.2, -0.15) is 4.52 Å². The highest BCUT2D eigenvalue weighted by Crippen LogP contribution is 2.34. The lowest BCUT2D eigenvalue weighted by molar-refractivity contribution is 0.150. The molecule has 0 fully saturated rings. The van der Waals surface area contributed by atoms with Crippen molar-refractivity contribution in [3.8, 4) is 22.4 Å². The van der Waals surface area contributed by atoms with Gasteiger partial charge >= 0.3 is 0 Å². The molecule has 0 amide bonds. The molecule has 0 saturated heterocycles. The van der Waals surface area contributed by atoms with Gasteiger partial charge in [0.2, 0.25) is 11.5 Å². The molecular formula is C24H19F2N7O. The van der Waals surface area contributed by atoms with Crippen LogP contribution in [0.25, 0.3) is 28.0 Å². The van der Waals surface area contributed by atoms with Gasteiger partial charge in [0.15, 0.2) is 11.5 Å². The van der Waals surface area contributed by atoms with Crippen molar-refractivity contribution in [1.82, 2.24) is 29.1 Å². The molecular weight excluding hydrogens is 440 g/mol. The zero-order valence-corrected chi connectivity index (χ0v) is 18.1. The number of aryl methyl sites for hydroxylation is 1. The van der Waals surface area contributed by atoms with E-state index in [2.05, 4.69) is 20.1 Å². The fraction of sp³-hybridized carbons (Fsp3) is 0.125. The Morgan fingerprint density at radius 1 is 1.00 bits per heavy atom. The summed E-state index contributed by atoms with van der Waals surface area (Å²) in [5, 5.41) is 4.43. The Labute approximate surface area is 192 Å². The van der Waals surface area contributed by atoms with Crippen LogP contribution in [0.3, 0.4) is 0 Å². The molecule has 0 spiro atoms. The SMILES string of the molecule is Cn1cc(-c2c(-c3ccccc3)nc(N)n3nc(Cc4ncccc4C(F)F)nc23)ccc1=O. The van der Waals surface area contributed by atoms with Crippen LogP contribution in [0.1, 0.15) is 23.5 Å². The van der Waals surface area contributed by atoms with E-state index in [0.29, 0.717) is 22.5 Å². The van der Waals surface area contributed by atoms with Gasteiger partial charge in [-0.05, 0) is 18.2 Å². The van der Waals surface area contributed by atoms with Crippen molar-refractivity contribution in [2.24, 2.45) is 7.05 Å². The third-order valence-corrected chi connectivity index (χ3v) is 5.46. The van der Waals surface area contributed by atoms with Crippen LogP contribution < -0.4 is 11.3 Å². The van der Waals surface area contributed by atoms with E-state index in [1.807, 2.05) is 30.3 Å². The second kappa shape index (κ2) is 8.47. The number of halogens is 2. The van der Waals surface area contributed by atoms with E-state index in [1.165, 1.54) is 33.5 Å². The smallest absolute Gasteiger partial charge is 0.265 e. The number of nitrogens with two attached hydrogens (primary N) is 1. The van der Waals surface area contributed by atoms with E-state index in [-0.39, 0.29) is 35.0 Å². The van der Waals surface area contributed by atoms with Gasteiger partial charge in [0.1, 0.15) is 0 Å². The molecule has 4 aromatic heterocycles. The molecule has 0 bridgehead atoms. The second-order valence-corrected chi connectivity index (χ2v) is 7.71. The van der Waals surface area contributed by atoms with E-state index in [9.17, 15) is 13.6 Å². The monoisotopic (exact) mass is 459 g/mol. The number of alkyl halides is 2. The molecule has 0 aliphatic carbocycles. The minimum absolute atomic E-state index is 0.00494. The topological polar surface area (TPSA) is 104 Å². The van der Waals surface area contributed by atoms with Crippen LogP contribution in [-0.2, 0) is 13.5 Å². The molecule has 0 unspecified atom stereocenters. The molecule has 170 valence electrons. The van der Waals surface area contributed by atoms with Crippen LogP contribution in [-0.4, -0.2) is 29.1 Å². The van der Waals surface area contributed by atoms with Gasteiger partial charge in [-0.25, -0.2) is 18.7 Å². The van der Waals surface area contributed by atoms with Crippen molar-refractivity contribution >= 4 is 11.6 Å². The zero-order chi connectivity index (χ0) is 23.8. The predicted molar refractivity (Wildman–Crippen MR) is 123 cm³/mol. The largest absolute Gasteiger partial charge is 0.368 e. The number of aromatic nitrogens is 6. The summed E-state index contributed by atoms with van der Waals surface area (Å²) in [6, 6.07) is 15.4. The zero-order valence-electron chi connectivity index (χ0n) is 18.1. The Hall–Kier alpha value is -4.47. The number of hydrogen-bond acceptors (Lipinski definition) is 6. The van der Waals surface area contributed by atoms with Gasteiger partial charge < -0.3 is 10.3 Å². The van der Waals surface area contributed by atoms with Crippen LogP contribution in [0.15, 0.2) is 71.8 Å². The summed E-state index contributed by atoms with van der Waals surface area (Å²) in [5.74, 6) is 0.363. The molecule has 0 saturated carbocycles. The molecule has 34 heavy (non-hydrogen) atoms. The van der Waals surface area contributed by atoms with Crippen molar-refractivity contribution in [2.45, 2.75) is 12.8 Å². The standard InChI is InChI=1S/C24H19F2N7O/c1-32-13-15(9-10-19(32)34)20-21(14-6-3-2-4-7-14)30-24(27)33-23(20)29-18(31-33)12-17-16(22(25)26)8-5-11-28-17/h2-11,13,22H,12H2,1H3,(H2,27,30). The first-order chi connectivity index (χ1) is 16.4. The number of anilines is 1. The summed E-state index contributed by atoms with van der Waals surface area (Å²) in [7, 11) is 1.65. The molecule has 4 heterocycles. The summed E-state index contributed by atoms with van der Waals surface area (Å²) in [4.78, 5) is 25.3. The molecule has 5 aromatic rings.